The predicted molar refractivity (Wildman–Crippen MR) is 104 cm³/mol. The highest BCUT2D eigenvalue weighted by Crippen LogP contribution is 2.33. The van der Waals surface area contributed by atoms with Crippen LogP contribution < -0.4 is 0 Å². The third kappa shape index (κ3) is 6.07. The molecule has 0 N–H and O–H groups in total. The topological polar surface area (TPSA) is 32.8 Å². The lowest BCUT2D eigenvalue weighted by Crippen LogP contribution is -2.52. The van der Waals surface area contributed by atoms with Gasteiger partial charge in [0, 0.05) is 37.8 Å². The van der Waals surface area contributed by atoms with Crippen molar-refractivity contribution in [2.45, 2.75) is 45.3 Å². The molecule has 5 heteroatoms. The van der Waals surface area contributed by atoms with Crippen molar-refractivity contribution >= 4 is 16.1 Å². The van der Waals surface area contributed by atoms with E-state index < -0.39 is 15.6 Å². The number of carbonyl (C=O) groups excluding carboxylic acids is 1. The van der Waals surface area contributed by atoms with Crippen molar-refractivity contribution < 1.29 is 9.53 Å². The zero-order valence-electron chi connectivity index (χ0n) is 16.0. The molecule has 1 atom stereocenters. The summed E-state index contributed by atoms with van der Waals surface area (Å²) in [6.45, 7) is 9.03. The maximum atomic E-state index is 12.1. The number of rotatable bonds is 1. The minimum Gasteiger partial charge on any atom is -0.444 e. The minimum absolute atomic E-state index is 0.191. The first-order valence-electron chi connectivity index (χ1n) is 8.67. The van der Waals surface area contributed by atoms with E-state index in [1.807, 2.05) is 25.7 Å². The summed E-state index contributed by atoms with van der Waals surface area (Å²) in [4.78, 5) is 16.4. The lowest BCUT2D eigenvalue weighted by molar-refractivity contribution is 0.0123. The van der Waals surface area contributed by atoms with E-state index in [0.29, 0.717) is 6.04 Å². The first kappa shape index (κ1) is 19.2. The van der Waals surface area contributed by atoms with Gasteiger partial charge in [-0.25, -0.2) is 4.79 Å². The van der Waals surface area contributed by atoms with Crippen molar-refractivity contribution in [3.63, 3.8) is 0 Å². The van der Waals surface area contributed by atoms with Crippen molar-refractivity contribution in [3.8, 4) is 11.2 Å². The van der Waals surface area contributed by atoms with E-state index in [9.17, 15) is 4.79 Å². The molecule has 0 bridgehead atoms. The molecule has 136 valence electrons. The molecule has 24 heavy (non-hydrogen) atoms. The Hall–Kier alpha value is -1.12. The summed E-state index contributed by atoms with van der Waals surface area (Å²) < 4.78 is 5.46. The van der Waals surface area contributed by atoms with Gasteiger partial charge in [-0.2, -0.15) is 10.0 Å². The second kappa shape index (κ2) is 7.41. The molecule has 1 amide bonds. The van der Waals surface area contributed by atoms with Crippen LogP contribution in [0.1, 0.15) is 33.6 Å². The fourth-order valence-electron chi connectivity index (χ4n) is 2.88. The largest absolute Gasteiger partial charge is 0.444 e. The Morgan fingerprint density at radius 3 is 2.38 bits per heavy atom. The van der Waals surface area contributed by atoms with Crippen molar-refractivity contribution in [1.29, 1.82) is 0 Å². The summed E-state index contributed by atoms with van der Waals surface area (Å²) in [6, 6.07) is 0.477. The standard InChI is InChI=1S/C19H32N2O2S/c1-19(2,3)23-18(22)21-12-10-20(11-13-21)17-8-7-16(15-17)9-14-24(4,5)6/h15,17H,7-8,10-13H2,1-6H3/t17-/m1/s1. The molecule has 2 rings (SSSR count). The summed E-state index contributed by atoms with van der Waals surface area (Å²) >= 11 is 0. The van der Waals surface area contributed by atoms with E-state index in [0.717, 1.165) is 39.0 Å². The number of carbonyl (C=O) groups is 1. The third-order valence-electron chi connectivity index (χ3n) is 4.06. The summed E-state index contributed by atoms with van der Waals surface area (Å²) in [6.07, 6.45) is 11.1. The second-order valence-corrected chi connectivity index (χ2v) is 12.2. The molecule has 0 unspecified atom stereocenters. The maximum Gasteiger partial charge on any atom is 0.410 e. The van der Waals surface area contributed by atoms with E-state index in [2.05, 4.69) is 40.9 Å². The van der Waals surface area contributed by atoms with Crippen LogP contribution in [0.15, 0.2) is 11.6 Å². The highest BCUT2D eigenvalue weighted by atomic mass is 32.3. The van der Waals surface area contributed by atoms with Crippen LogP contribution in [-0.4, -0.2) is 72.5 Å². The molecular weight excluding hydrogens is 320 g/mol. The van der Waals surface area contributed by atoms with E-state index in [1.165, 1.54) is 5.57 Å². The predicted octanol–water partition coefficient (Wildman–Crippen LogP) is 3.28. The molecular formula is C19H32N2O2S. The van der Waals surface area contributed by atoms with Crippen molar-refractivity contribution in [1.82, 2.24) is 9.80 Å². The monoisotopic (exact) mass is 352 g/mol. The first-order chi connectivity index (χ1) is 11.0. The number of allylic oxidation sites excluding steroid dienone is 1. The van der Waals surface area contributed by atoms with E-state index in [-0.39, 0.29) is 6.09 Å². The number of amides is 1. The van der Waals surface area contributed by atoms with Crippen LogP contribution in [-0.2, 0) is 4.74 Å². The number of nitrogens with zero attached hydrogens (tertiary/aromatic N) is 2. The van der Waals surface area contributed by atoms with Gasteiger partial charge in [-0.15, -0.1) is 0 Å². The maximum absolute atomic E-state index is 12.1. The summed E-state index contributed by atoms with van der Waals surface area (Å²) in [5, 5.41) is 3.41. The van der Waals surface area contributed by atoms with Crippen molar-refractivity contribution in [2.75, 3.05) is 44.9 Å². The van der Waals surface area contributed by atoms with Crippen LogP contribution in [0.4, 0.5) is 4.79 Å². The minimum atomic E-state index is -0.759. The van der Waals surface area contributed by atoms with E-state index in [1.54, 1.807) is 0 Å². The fraction of sp³-hybridized carbons (Fsp3) is 0.737. The normalized spacial score (nSPS) is 23.3. The van der Waals surface area contributed by atoms with Gasteiger partial charge in [-0.1, -0.05) is 12.0 Å². The van der Waals surface area contributed by atoms with Gasteiger partial charge in [0.25, 0.3) is 0 Å². The Morgan fingerprint density at radius 1 is 1.21 bits per heavy atom. The van der Waals surface area contributed by atoms with Crippen molar-refractivity contribution in [2.24, 2.45) is 0 Å². The van der Waals surface area contributed by atoms with Gasteiger partial charge in [-0.3, -0.25) is 4.90 Å². The third-order valence-corrected chi connectivity index (χ3v) is 4.77. The van der Waals surface area contributed by atoms with Crippen LogP contribution in [0.25, 0.3) is 0 Å². The molecule has 0 aromatic rings. The van der Waals surface area contributed by atoms with Gasteiger partial charge < -0.3 is 9.64 Å². The molecule has 0 saturated carbocycles. The highest BCUT2D eigenvalue weighted by molar-refractivity contribution is 8.35. The lowest BCUT2D eigenvalue weighted by atomic mass is 10.2. The molecule has 1 saturated heterocycles. The van der Waals surface area contributed by atoms with Crippen LogP contribution in [0.2, 0.25) is 0 Å². The van der Waals surface area contributed by atoms with Gasteiger partial charge >= 0.3 is 6.09 Å². The molecule has 1 aliphatic heterocycles. The zero-order valence-corrected chi connectivity index (χ0v) is 16.8. The van der Waals surface area contributed by atoms with E-state index in [4.69, 9.17) is 4.74 Å². The van der Waals surface area contributed by atoms with Crippen molar-refractivity contribution in [3.05, 3.63) is 11.6 Å². The van der Waals surface area contributed by atoms with Gasteiger partial charge in [0.1, 0.15) is 5.60 Å². The fourth-order valence-corrected chi connectivity index (χ4v) is 3.31. The van der Waals surface area contributed by atoms with Gasteiger partial charge in [-0.05, 0) is 57.6 Å². The Labute approximate surface area is 148 Å². The second-order valence-electron chi connectivity index (χ2n) is 8.37. The Morgan fingerprint density at radius 2 is 1.83 bits per heavy atom. The molecule has 0 aromatic carbocycles. The quantitative estimate of drug-likeness (QED) is 0.679. The average molecular weight is 353 g/mol. The molecule has 1 heterocycles. The number of piperazine rings is 1. The molecule has 1 aliphatic carbocycles. The molecule has 4 nitrogen and oxygen atoms in total. The van der Waals surface area contributed by atoms with E-state index >= 15 is 0 Å². The molecule has 0 radical (unpaired) electrons. The lowest BCUT2D eigenvalue weighted by Gasteiger charge is -2.37. The van der Waals surface area contributed by atoms with Crippen LogP contribution in [0.5, 0.6) is 0 Å². The summed E-state index contributed by atoms with van der Waals surface area (Å²) in [7, 11) is -0.759. The van der Waals surface area contributed by atoms with Gasteiger partial charge in [0.05, 0.1) is 0 Å². The molecule has 0 spiro atoms. The van der Waals surface area contributed by atoms with Crippen LogP contribution in [0.3, 0.4) is 0 Å². The summed E-state index contributed by atoms with van der Waals surface area (Å²) in [5.41, 5.74) is 0.863. The van der Waals surface area contributed by atoms with Gasteiger partial charge in [0.15, 0.2) is 0 Å². The Balaban J connectivity index is 1.86. The Bertz CT molecular complexity index is 553. The number of hydrogen-bond acceptors (Lipinski definition) is 3. The average Bonchev–Trinajstić information content (AvgIpc) is 2.92. The Kier molecular flexibility index (Phi) is 5.93. The zero-order chi connectivity index (χ0) is 18.0. The summed E-state index contributed by atoms with van der Waals surface area (Å²) in [5.74, 6) is 3.38. The number of hydrogen-bond donors (Lipinski definition) is 0. The van der Waals surface area contributed by atoms with Crippen LogP contribution >= 0.6 is 10.0 Å². The first-order valence-corrected chi connectivity index (χ1v) is 11.5. The highest BCUT2D eigenvalue weighted by Gasteiger charge is 2.29. The molecule has 0 aromatic heterocycles. The van der Waals surface area contributed by atoms with Crippen LogP contribution in [0, 0.1) is 11.2 Å². The smallest absolute Gasteiger partial charge is 0.410 e. The van der Waals surface area contributed by atoms with Gasteiger partial charge in [0.2, 0.25) is 0 Å². The SMILES string of the molecule is CC(C)(C)OC(=O)N1CCN([C@H]2C=C(C#CS(C)(C)C)CC2)CC1. The molecule has 2 aliphatic rings. The molecule has 1 fully saturated rings. The number of ether oxygens (including phenoxy) is 1.